The van der Waals surface area contributed by atoms with E-state index in [2.05, 4.69) is 0 Å². The maximum Gasteiger partial charge on any atom is 0.326 e. The first kappa shape index (κ1) is 15.6. The van der Waals surface area contributed by atoms with Gasteiger partial charge in [0.1, 0.15) is 11.6 Å². The lowest BCUT2D eigenvalue weighted by Crippen LogP contribution is -2.45. The van der Waals surface area contributed by atoms with E-state index in [1.165, 1.54) is 12.1 Å². The van der Waals surface area contributed by atoms with Gasteiger partial charge in [0, 0.05) is 6.07 Å². The van der Waals surface area contributed by atoms with E-state index >= 15 is 0 Å². The average molecular weight is 306 g/mol. The summed E-state index contributed by atoms with van der Waals surface area (Å²) >= 11 is 0. The van der Waals surface area contributed by atoms with Gasteiger partial charge in [-0.25, -0.2) is 4.79 Å². The summed E-state index contributed by atoms with van der Waals surface area (Å²) in [5.41, 5.74) is -0.964. The number of hydrogen-bond donors (Lipinski definition) is 1. The summed E-state index contributed by atoms with van der Waals surface area (Å²) in [6.07, 6.45) is 0.0780. The van der Waals surface area contributed by atoms with Crippen molar-refractivity contribution < 1.29 is 24.4 Å². The monoisotopic (exact) mass is 306 g/mol. The third kappa shape index (κ3) is 2.43. The summed E-state index contributed by atoms with van der Waals surface area (Å²) in [6.45, 7) is 3.52. The predicted molar refractivity (Wildman–Crippen MR) is 74.5 cm³/mol. The molecule has 1 atom stereocenters. The number of aliphatic carboxylic acids is 1. The molecule has 1 aliphatic heterocycles. The first-order valence-corrected chi connectivity index (χ1v) is 6.63. The number of rotatable bonds is 5. The zero-order chi connectivity index (χ0) is 16.6. The van der Waals surface area contributed by atoms with Gasteiger partial charge in [0.15, 0.2) is 0 Å². The van der Waals surface area contributed by atoms with E-state index in [1.807, 2.05) is 0 Å². The van der Waals surface area contributed by atoms with Crippen LogP contribution in [0.1, 0.15) is 41.0 Å². The fourth-order valence-corrected chi connectivity index (χ4v) is 2.48. The number of carboxylic acids is 1. The van der Waals surface area contributed by atoms with Gasteiger partial charge in [0.05, 0.1) is 10.5 Å². The number of imide groups is 1. The highest BCUT2D eigenvalue weighted by molar-refractivity contribution is 6.24. The normalized spacial score (nSPS) is 15.1. The molecule has 0 saturated heterocycles. The van der Waals surface area contributed by atoms with Gasteiger partial charge in [0.25, 0.3) is 17.5 Å². The molecule has 1 aromatic rings. The molecule has 0 aliphatic carbocycles. The molecule has 0 saturated carbocycles. The highest BCUT2D eigenvalue weighted by Crippen LogP contribution is 2.33. The van der Waals surface area contributed by atoms with Crippen LogP contribution in [0.4, 0.5) is 5.69 Å². The third-order valence-electron chi connectivity index (χ3n) is 3.41. The standard InChI is InChI=1S/C14H14N2O6/c1-7(2)6-10(14(19)20)15-12(17)8-4-3-5-9(16(21)22)11(8)13(15)18/h3-5,7,10H,6H2,1-2H3,(H,19,20)/t10-/m1/s1. The van der Waals surface area contributed by atoms with Gasteiger partial charge in [-0.3, -0.25) is 24.6 Å². The van der Waals surface area contributed by atoms with Crippen molar-refractivity contribution in [2.24, 2.45) is 5.92 Å². The summed E-state index contributed by atoms with van der Waals surface area (Å²) < 4.78 is 0. The molecule has 2 rings (SSSR count). The second kappa shape index (κ2) is 5.55. The second-order valence-electron chi connectivity index (χ2n) is 5.42. The Labute approximate surface area is 125 Å². The second-order valence-corrected chi connectivity index (χ2v) is 5.42. The molecule has 1 N–H and O–H groups in total. The van der Waals surface area contributed by atoms with Crippen molar-refractivity contribution >= 4 is 23.5 Å². The maximum absolute atomic E-state index is 12.4. The predicted octanol–water partition coefficient (Wildman–Crippen LogP) is 1.69. The van der Waals surface area contributed by atoms with Crippen LogP contribution in [0.3, 0.4) is 0 Å². The molecule has 1 aromatic carbocycles. The number of amides is 2. The number of carboxylic acid groups (broad SMARTS) is 1. The van der Waals surface area contributed by atoms with Crippen molar-refractivity contribution in [3.8, 4) is 0 Å². The minimum atomic E-state index is -1.34. The Morgan fingerprint density at radius 2 is 1.95 bits per heavy atom. The first-order chi connectivity index (χ1) is 10.3. The molecule has 8 heteroatoms. The topological polar surface area (TPSA) is 118 Å². The van der Waals surface area contributed by atoms with E-state index in [-0.39, 0.29) is 23.5 Å². The maximum atomic E-state index is 12.4. The number of nitro benzene ring substituents is 1. The summed E-state index contributed by atoms with van der Waals surface area (Å²) in [4.78, 5) is 47.0. The van der Waals surface area contributed by atoms with Crippen LogP contribution in [-0.2, 0) is 4.79 Å². The fraction of sp³-hybridized carbons (Fsp3) is 0.357. The number of nitrogens with zero attached hydrogens (tertiary/aromatic N) is 2. The number of hydrogen-bond acceptors (Lipinski definition) is 5. The van der Waals surface area contributed by atoms with Crippen LogP contribution < -0.4 is 0 Å². The van der Waals surface area contributed by atoms with Crippen molar-refractivity contribution in [2.45, 2.75) is 26.3 Å². The van der Waals surface area contributed by atoms with Crippen LogP contribution in [0.5, 0.6) is 0 Å². The lowest BCUT2D eigenvalue weighted by atomic mass is 10.0. The van der Waals surface area contributed by atoms with E-state index in [1.54, 1.807) is 13.8 Å². The smallest absolute Gasteiger partial charge is 0.326 e. The van der Waals surface area contributed by atoms with Crippen LogP contribution in [-0.4, -0.2) is 38.8 Å². The zero-order valence-electron chi connectivity index (χ0n) is 12.0. The van der Waals surface area contributed by atoms with E-state index < -0.39 is 34.4 Å². The number of nitro groups is 1. The molecule has 0 spiro atoms. The molecule has 0 fully saturated rings. The van der Waals surface area contributed by atoms with E-state index in [4.69, 9.17) is 0 Å². The molecule has 1 heterocycles. The number of carbonyl (C=O) groups is 3. The Kier molecular flexibility index (Phi) is 3.94. The van der Waals surface area contributed by atoms with Crippen molar-refractivity contribution in [2.75, 3.05) is 0 Å². The summed E-state index contributed by atoms with van der Waals surface area (Å²) in [5, 5.41) is 20.3. The Hall–Kier alpha value is -2.77. The number of fused-ring (bicyclic) bond motifs is 1. The van der Waals surface area contributed by atoms with Crippen molar-refractivity contribution in [1.29, 1.82) is 0 Å². The molecule has 116 valence electrons. The highest BCUT2D eigenvalue weighted by atomic mass is 16.6. The van der Waals surface area contributed by atoms with Gasteiger partial charge in [-0.05, 0) is 18.4 Å². The van der Waals surface area contributed by atoms with Crippen LogP contribution in [0.15, 0.2) is 18.2 Å². The molecule has 22 heavy (non-hydrogen) atoms. The molecule has 0 aromatic heterocycles. The van der Waals surface area contributed by atoms with Crippen molar-refractivity contribution in [3.63, 3.8) is 0 Å². The molecule has 0 radical (unpaired) electrons. The SMILES string of the molecule is CC(C)C[C@H](C(=O)O)N1C(=O)c2cccc([N+](=O)[O-])c2C1=O. The molecule has 0 bridgehead atoms. The minimum absolute atomic E-state index is 0.0691. The molecular weight excluding hydrogens is 292 g/mol. The third-order valence-corrected chi connectivity index (χ3v) is 3.41. The summed E-state index contributed by atoms with van der Waals surface area (Å²) in [5.74, 6) is -3.12. The first-order valence-electron chi connectivity index (χ1n) is 6.63. The van der Waals surface area contributed by atoms with Gasteiger partial charge < -0.3 is 5.11 Å². The minimum Gasteiger partial charge on any atom is -0.480 e. The molecule has 2 amide bonds. The Morgan fingerprint density at radius 3 is 2.45 bits per heavy atom. The van der Waals surface area contributed by atoms with E-state index in [0.29, 0.717) is 4.90 Å². The van der Waals surface area contributed by atoms with Crippen LogP contribution in [0.25, 0.3) is 0 Å². The zero-order valence-corrected chi connectivity index (χ0v) is 12.0. The summed E-state index contributed by atoms with van der Waals surface area (Å²) in [7, 11) is 0. The Bertz CT molecular complexity index is 682. The molecule has 1 aliphatic rings. The van der Waals surface area contributed by atoms with Gasteiger partial charge in [-0.2, -0.15) is 0 Å². The summed E-state index contributed by atoms with van der Waals surface area (Å²) in [6, 6.07) is 2.36. The van der Waals surface area contributed by atoms with Crippen LogP contribution in [0, 0.1) is 16.0 Å². The van der Waals surface area contributed by atoms with E-state index in [0.717, 1.165) is 6.07 Å². The van der Waals surface area contributed by atoms with Gasteiger partial charge in [0.2, 0.25) is 0 Å². The molecule has 0 unspecified atom stereocenters. The van der Waals surface area contributed by atoms with Gasteiger partial charge >= 0.3 is 5.97 Å². The van der Waals surface area contributed by atoms with Crippen molar-refractivity contribution in [1.82, 2.24) is 4.90 Å². The highest BCUT2D eigenvalue weighted by Gasteiger charge is 2.46. The largest absolute Gasteiger partial charge is 0.480 e. The molecule has 8 nitrogen and oxygen atoms in total. The number of carbonyl (C=O) groups excluding carboxylic acids is 2. The van der Waals surface area contributed by atoms with E-state index in [9.17, 15) is 29.6 Å². The average Bonchev–Trinajstić information content (AvgIpc) is 2.68. The quantitative estimate of drug-likeness (QED) is 0.502. The lowest BCUT2D eigenvalue weighted by molar-refractivity contribution is -0.385. The molecular formula is C14H14N2O6. The Balaban J connectivity index is 2.53. The number of benzene rings is 1. The van der Waals surface area contributed by atoms with Crippen molar-refractivity contribution in [3.05, 3.63) is 39.4 Å². The lowest BCUT2D eigenvalue weighted by Gasteiger charge is -2.23. The van der Waals surface area contributed by atoms with Gasteiger partial charge in [-0.15, -0.1) is 0 Å². The van der Waals surface area contributed by atoms with Crippen LogP contribution in [0.2, 0.25) is 0 Å². The van der Waals surface area contributed by atoms with Crippen LogP contribution >= 0.6 is 0 Å². The fourth-order valence-electron chi connectivity index (χ4n) is 2.48. The Morgan fingerprint density at radius 1 is 1.32 bits per heavy atom. The van der Waals surface area contributed by atoms with Gasteiger partial charge in [-0.1, -0.05) is 19.9 Å².